The lowest BCUT2D eigenvalue weighted by atomic mass is 10.1. The number of rotatable bonds is 5. The molecule has 2 rings (SSSR count). The van der Waals surface area contributed by atoms with E-state index in [-0.39, 0.29) is 0 Å². The molecule has 0 saturated carbocycles. The van der Waals surface area contributed by atoms with Crippen molar-refractivity contribution in [2.24, 2.45) is 0 Å². The Labute approximate surface area is 113 Å². The lowest BCUT2D eigenvalue weighted by Gasteiger charge is -2.12. The number of aryl methyl sites for hydroxylation is 2. The number of nitrogens with one attached hydrogen (secondary N) is 1. The summed E-state index contributed by atoms with van der Waals surface area (Å²) in [6.07, 6.45) is 0.997. The summed E-state index contributed by atoms with van der Waals surface area (Å²) in [5, 5.41) is 11.4. The molecule has 1 N–H and O–H groups in total. The molecule has 0 unspecified atom stereocenters. The quantitative estimate of drug-likeness (QED) is 0.895. The Kier molecular flexibility index (Phi) is 4.04. The van der Waals surface area contributed by atoms with Gasteiger partial charge in [-0.2, -0.15) is 0 Å². The van der Waals surface area contributed by atoms with Crippen molar-refractivity contribution >= 4 is 11.7 Å². The predicted molar refractivity (Wildman–Crippen MR) is 76.5 cm³/mol. The first-order valence-electron chi connectivity index (χ1n) is 6.44. The van der Waals surface area contributed by atoms with Crippen molar-refractivity contribution in [2.75, 3.05) is 24.3 Å². The van der Waals surface area contributed by atoms with Gasteiger partial charge >= 0.3 is 6.01 Å². The molecule has 5 heteroatoms. The van der Waals surface area contributed by atoms with Crippen molar-refractivity contribution in [2.45, 2.75) is 26.8 Å². The van der Waals surface area contributed by atoms with Gasteiger partial charge in [-0.3, -0.25) is 0 Å². The zero-order chi connectivity index (χ0) is 13.8. The van der Waals surface area contributed by atoms with Crippen molar-refractivity contribution in [1.82, 2.24) is 10.2 Å². The van der Waals surface area contributed by atoms with E-state index in [1.165, 1.54) is 11.1 Å². The normalized spacial score (nSPS) is 10.5. The molecule has 0 amide bonds. The Bertz CT molecular complexity index is 548. The van der Waals surface area contributed by atoms with Gasteiger partial charge in [0, 0.05) is 19.8 Å². The van der Waals surface area contributed by atoms with E-state index in [4.69, 9.17) is 4.42 Å². The van der Waals surface area contributed by atoms with E-state index in [1.54, 1.807) is 4.90 Å². The number of nitrogens with zero attached hydrogens (tertiary/aromatic N) is 3. The van der Waals surface area contributed by atoms with Gasteiger partial charge in [0.1, 0.15) is 0 Å². The number of anilines is 2. The van der Waals surface area contributed by atoms with E-state index in [0.29, 0.717) is 18.5 Å². The minimum absolute atomic E-state index is 0.525. The maximum atomic E-state index is 5.52. The summed E-state index contributed by atoms with van der Waals surface area (Å²) in [6, 6.07) is 6.84. The molecule has 0 fully saturated rings. The summed E-state index contributed by atoms with van der Waals surface area (Å²) in [4.78, 5) is 1.79. The molecule has 1 heterocycles. The van der Waals surface area contributed by atoms with Gasteiger partial charge in [-0.1, -0.05) is 30.2 Å². The third-order valence-corrected chi connectivity index (χ3v) is 3.00. The molecule has 0 bridgehead atoms. The molecular weight excluding hydrogens is 240 g/mol. The van der Waals surface area contributed by atoms with Gasteiger partial charge in [0.2, 0.25) is 5.89 Å². The van der Waals surface area contributed by atoms with Gasteiger partial charge in [0.25, 0.3) is 0 Å². The van der Waals surface area contributed by atoms with E-state index in [1.807, 2.05) is 14.1 Å². The number of benzene rings is 1. The molecule has 102 valence electrons. The zero-order valence-corrected chi connectivity index (χ0v) is 11.9. The Morgan fingerprint density at radius 2 is 2.05 bits per heavy atom. The van der Waals surface area contributed by atoms with Crippen LogP contribution in [0.25, 0.3) is 0 Å². The van der Waals surface area contributed by atoms with Gasteiger partial charge in [0.05, 0.1) is 6.54 Å². The molecule has 0 radical (unpaired) electrons. The van der Waals surface area contributed by atoms with E-state index in [9.17, 15) is 0 Å². The highest BCUT2D eigenvalue weighted by atomic mass is 16.4. The van der Waals surface area contributed by atoms with Gasteiger partial charge in [-0.05, 0) is 24.5 Å². The van der Waals surface area contributed by atoms with Crippen LogP contribution in [0.1, 0.15) is 23.9 Å². The summed E-state index contributed by atoms with van der Waals surface area (Å²) >= 11 is 0. The lowest BCUT2D eigenvalue weighted by Crippen LogP contribution is -2.08. The molecule has 0 aliphatic carbocycles. The van der Waals surface area contributed by atoms with Crippen LogP contribution in [0.15, 0.2) is 22.6 Å². The summed E-state index contributed by atoms with van der Waals surface area (Å²) in [5.74, 6) is 0.592. The first-order chi connectivity index (χ1) is 9.11. The van der Waals surface area contributed by atoms with Crippen LogP contribution in [0.4, 0.5) is 11.7 Å². The monoisotopic (exact) mass is 260 g/mol. The van der Waals surface area contributed by atoms with E-state index in [2.05, 4.69) is 47.6 Å². The molecule has 1 aromatic carbocycles. The molecule has 19 heavy (non-hydrogen) atoms. The largest absolute Gasteiger partial charge is 0.406 e. The minimum atomic E-state index is 0.525. The third-order valence-electron chi connectivity index (χ3n) is 3.00. The van der Waals surface area contributed by atoms with Gasteiger partial charge in [0.15, 0.2) is 0 Å². The van der Waals surface area contributed by atoms with Crippen LogP contribution in [0.5, 0.6) is 0 Å². The summed E-state index contributed by atoms with van der Waals surface area (Å²) < 4.78 is 5.52. The van der Waals surface area contributed by atoms with Gasteiger partial charge < -0.3 is 14.6 Å². The van der Waals surface area contributed by atoms with Crippen LogP contribution in [0.3, 0.4) is 0 Å². The highest BCUT2D eigenvalue weighted by Crippen LogP contribution is 2.22. The van der Waals surface area contributed by atoms with Crippen molar-refractivity contribution in [3.05, 3.63) is 35.2 Å². The maximum Gasteiger partial charge on any atom is 0.317 e. The molecule has 2 aromatic rings. The summed E-state index contributed by atoms with van der Waals surface area (Å²) in [6.45, 7) is 4.79. The number of hydrogen-bond acceptors (Lipinski definition) is 5. The molecule has 0 atom stereocenters. The smallest absolute Gasteiger partial charge is 0.317 e. The lowest BCUT2D eigenvalue weighted by molar-refractivity contribution is 0.503. The standard InChI is InChI=1S/C14H20N4O/c1-5-11-8-6-7-10(2)13(11)15-9-12-16-17-14(19-12)18(3)4/h6-8,15H,5,9H2,1-4H3. The molecule has 5 nitrogen and oxygen atoms in total. The SMILES string of the molecule is CCc1cccc(C)c1NCc1nnc(N(C)C)o1. The second kappa shape index (κ2) is 5.73. The van der Waals surface area contributed by atoms with Crippen LogP contribution in [0, 0.1) is 6.92 Å². The molecular formula is C14H20N4O. The van der Waals surface area contributed by atoms with Crippen LogP contribution < -0.4 is 10.2 Å². The Balaban J connectivity index is 2.09. The second-order valence-electron chi connectivity index (χ2n) is 4.69. The fraction of sp³-hybridized carbons (Fsp3) is 0.429. The van der Waals surface area contributed by atoms with Crippen molar-refractivity contribution in [3.8, 4) is 0 Å². The van der Waals surface area contributed by atoms with E-state index < -0.39 is 0 Å². The molecule has 1 aromatic heterocycles. The molecule has 0 spiro atoms. The molecule has 0 aliphatic rings. The van der Waals surface area contributed by atoms with Crippen molar-refractivity contribution in [1.29, 1.82) is 0 Å². The number of para-hydroxylation sites is 1. The first-order valence-corrected chi connectivity index (χ1v) is 6.44. The zero-order valence-electron chi connectivity index (χ0n) is 11.9. The Hall–Kier alpha value is -2.04. The fourth-order valence-corrected chi connectivity index (χ4v) is 1.94. The topological polar surface area (TPSA) is 54.2 Å². The van der Waals surface area contributed by atoms with Crippen molar-refractivity contribution in [3.63, 3.8) is 0 Å². The van der Waals surface area contributed by atoms with Crippen LogP contribution in [0.2, 0.25) is 0 Å². The minimum Gasteiger partial charge on any atom is -0.406 e. The third kappa shape index (κ3) is 3.05. The highest BCUT2D eigenvalue weighted by Gasteiger charge is 2.09. The van der Waals surface area contributed by atoms with Gasteiger partial charge in [-0.15, -0.1) is 5.10 Å². The first kappa shape index (κ1) is 13.4. The average molecular weight is 260 g/mol. The second-order valence-corrected chi connectivity index (χ2v) is 4.69. The van der Waals surface area contributed by atoms with Crippen molar-refractivity contribution < 1.29 is 4.42 Å². The van der Waals surface area contributed by atoms with Crippen LogP contribution in [-0.2, 0) is 13.0 Å². The summed E-state index contributed by atoms with van der Waals surface area (Å²) in [5.41, 5.74) is 3.69. The van der Waals surface area contributed by atoms with Gasteiger partial charge in [-0.25, -0.2) is 0 Å². The molecule has 0 saturated heterocycles. The van der Waals surface area contributed by atoms with Crippen LogP contribution >= 0.6 is 0 Å². The Morgan fingerprint density at radius 1 is 1.26 bits per heavy atom. The maximum absolute atomic E-state index is 5.52. The Morgan fingerprint density at radius 3 is 2.68 bits per heavy atom. The van der Waals surface area contributed by atoms with Crippen LogP contribution in [-0.4, -0.2) is 24.3 Å². The van der Waals surface area contributed by atoms with E-state index >= 15 is 0 Å². The predicted octanol–water partition coefficient (Wildman–Crippen LogP) is 2.62. The summed E-state index contributed by atoms with van der Waals surface area (Å²) in [7, 11) is 3.75. The van der Waals surface area contributed by atoms with E-state index in [0.717, 1.165) is 12.1 Å². The average Bonchev–Trinajstić information content (AvgIpc) is 2.86. The molecule has 0 aliphatic heterocycles. The number of aromatic nitrogens is 2. The fourth-order valence-electron chi connectivity index (χ4n) is 1.94. The number of hydrogen-bond donors (Lipinski definition) is 1. The highest BCUT2D eigenvalue weighted by molar-refractivity contribution is 5.57.